The summed E-state index contributed by atoms with van der Waals surface area (Å²) in [6, 6.07) is 0. The molecule has 0 heterocycles. The largest absolute Gasteiger partial charge is 0.503 e. The summed E-state index contributed by atoms with van der Waals surface area (Å²) in [6.07, 6.45) is 0. The van der Waals surface area contributed by atoms with Crippen LogP contribution in [0.25, 0.3) is 0 Å². The first kappa shape index (κ1) is 12.1. The summed E-state index contributed by atoms with van der Waals surface area (Å²) in [6.45, 7) is 9.36. The Morgan fingerprint density at radius 3 is 1.67 bits per heavy atom. The van der Waals surface area contributed by atoms with Gasteiger partial charge in [-0.15, -0.1) is 0 Å². The topological polar surface area (TPSA) is 27.7 Å². The highest BCUT2D eigenvalue weighted by molar-refractivity contribution is 6.62. The predicted molar refractivity (Wildman–Crippen MR) is 51.1 cm³/mol. The van der Waals surface area contributed by atoms with Crippen LogP contribution >= 0.6 is 0 Å². The second kappa shape index (κ2) is 5.69. The van der Waals surface area contributed by atoms with E-state index in [0.717, 1.165) is 0 Å². The van der Waals surface area contributed by atoms with Crippen LogP contribution in [0.1, 0.15) is 27.7 Å². The van der Waals surface area contributed by atoms with Gasteiger partial charge in [0.2, 0.25) is 0 Å². The monoisotopic (exact) mass is 192 g/mol. The standard InChI is InChI=1S/C8H20O3Si/c1-6-10-12(9-5,8(3)4)11-7-2/h8H,6-7H2,1-5H3. The minimum absolute atomic E-state index is 0.322. The van der Waals surface area contributed by atoms with Gasteiger partial charge in [0.05, 0.1) is 0 Å². The maximum absolute atomic E-state index is 5.58. The molecule has 0 aliphatic rings. The molecular weight excluding hydrogens is 172 g/mol. The fraction of sp³-hybridized carbons (Fsp3) is 1.00. The van der Waals surface area contributed by atoms with Crippen LogP contribution in [-0.2, 0) is 13.3 Å². The molecule has 0 aromatic carbocycles. The Kier molecular flexibility index (Phi) is 5.74. The molecule has 0 aliphatic carbocycles. The zero-order valence-electron chi connectivity index (χ0n) is 8.72. The van der Waals surface area contributed by atoms with Crippen LogP contribution in [0.5, 0.6) is 0 Å². The van der Waals surface area contributed by atoms with Crippen molar-refractivity contribution in [2.24, 2.45) is 0 Å². The normalized spacial score (nSPS) is 12.5. The van der Waals surface area contributed by atoms with Crippen LogP contribution in [0.3, 0.4) is 0 Å². The Morgan fingerprint density at radius 1 is 1.08 bits per heavy atom. The van der Waals surface area contributed by atoms with Crippen LogP contribution in [0.15, 0.2) is 0 Å². The Hall–Kier alpha value is 0.0969. The molecule has 0 unspecified atom stereocenters. The minimum atomic E-state index is -2.35. The van der Waals surface area contributed by atoms with Crippen molar-refractivity contribution in [3.05, 3.63) is 0 Å². The van der Waals surface area contributed by atoms with Crippen LogP contribution in [0.2, 0.25) is 5.54 Å². The van der Waals surface area contributed by atoms with Gasteiger partial charge in [0.1, 0.15) is 0 Å². The third kappa shape index (κ3) is 2.86. The van der Waals surface area contributed by atoms with Crippen molar-refractivity contribution >= 4 is 8.80 Å². The van der Waals surface area contributed by atoms with E-state index in [4.69, 9.17) is 13.3 Å². The van der Waals surface area contributed by atoms with E-state index >= 15 is 0 Å². The van der Waals surface area contributed by atoms with E-state index in [9.17, 15) is 0 Å². The van der Waals surface area contributed by atoms with Crippen LogP contribution in [-0.4, -0.2) is 29.1 Å². The highest BCUT2D eigenvalue weighted by Gasteiger charge is 2.43. The number of rotatable bonds is 6. The average Bonchev–Trinajstić information content (AvgIpc) is 2.03. The highest BCUT2D eigenvalue weighted by Crippen LogP contribution is 2.23. The lowest BCUT2D eigenvalue weighted by Gasteiger charge is -2.30. The maximum Gasteiger partial charge on any atom is 0.503 e. The molecule has 0 radical (unpaired) electrons. The molecule has 74 valence electrons. The predicted octanol–water partition coefficient (Wildman–Crippen LogP) is 2.05. The SMILES string of the molecule is CCO[Si](OC)(OCC)C(C)C. The Balaban J connectivity index is 4.28. The molecule has 0 fully saturated rings. The number of hydrogen-bond acceptors (Lipinski definition) is 3. The minimum Gasteiger partial charge on any atom is -0.377 e. The second-order valence-corrected chi connectivity index (χ2v) is 6.18. The molecule has 0 saturated heterocycles. The molecule has 0 aromatic rings. The van der Waals surface area contributed by atoms with Crippen LogP contribution < -0.4 is 0 Å². The lowest BCUT2D eigenvalue weighted by molar-refractivity contribution is 0.0792. The van der Waals surface area contributed by atoms with Gasteiger partial charge in [0.25, 0.3) is 0 Å². The highest BCUT2D eigenvalue weighted by atomic mass is 28.4. The van der Waals surface area contributed by atoms with E-state index in [1.807, 2.05) is 13.8 Å². The van der Waals surface area contributed by atoms with Gasteiger partial charge in [0.15, 0.2) is 0 Å². The van der Waals surface area contributed by atoms with Crippen molar-refractivity contribution in [1.82, 2.24) is 0 Å². The Bertz CT molecular complexity index is 111. The summed E-state index contributed by atoms with van der Waals surface area (Å²) in [5.74, 6) is 0. The quantitative estimate of drug-likeness (QED) is 0.603. The summed E-state index contributed by atoms with van der Waals surface area (Å²) in [7, 11) is -0.683. The third-order valence-corrected chi connectivity index (χ3v) is 5.05. The van der Waals surface area contributed by atoms with Crippen molar-refractivity contribution < 1.29 is 13.3 Å². The maximum atomic E-state index is 5.58. The summed E-state index contributed by atoms with van der Waals surface area (Å²) >= 11 is 0. The second-order valence-electron chi connectivity index (χ2n) is 2.83. The van der Waals surface area contributed by atoms with Gasteiger partial charge in [-0.05, 0) is 13.8 Å². The van der Waals surface area contributed by atoms with Crippen molar-refractivity contribution in [1.29, 1.82) is 0 Å². The van der Waals surface area contributed by atoms with Gasteiger partial charge < -0.3 is 13.3 Å². The molecule has 0 aliphatic heterocycles. The van der Waals surface area contributed by atoms with E-state index in [0.29, 0.717) is 18.8 Å². The van der Waals surface area contributed by atoms with Gasteiger partial charge >= 0.3 is 8.80 Å². The van der Waals surface area contributed by atoms with Crippen LogP contribution in [0, 0.1) is 0 Å². The summed E-state index contributed by atoms with van der Waals surface area (Å²) in [5, 5.41) is 0. The van der Waals surface area contributed by atoms with E-state index in [2.05, 4.69) is 13.8 Å². The van der Waals surface area contributed by atoms with Gasteiger partial charge in [-0.1, -0.05) is 13.8 Å². The van der Waals surface area contributed by atoms with Gasteiger partial charge in [-0.2, -0.15) is 0 Å². The molecule has 0 atom stereocenters. The Morgan fingerprint density at radius 2 is 1.50 bits per heavy atom. The smallest absolute Gasteiger partial charge is 0.377 e. The molecule has 0 bridgehead atoms. The molecule has 3 nitrogen and oxygen atoms in total. The third-order valence-electron chi connectivity index (χ3n) is 1.68. The van der Waals surface area contributed by atoms with Crippen LogP contribution in [0.4, 0.5) is 0 Å². The lowest BCUT2D eigenvalue weighted by Crippen LogP contribution is -2.47. The average molecular weight is 192 g/mol. The fourth-order valence-corrected chi connectivity index (χ4v) is 3.39. The molecule has 0 spiro atoms. The molecule has 4 heteroatoms. The molecule has 0 saturated carbocycles. The molecule has 0 N–H and O–H groups in total. The van der Waals surface area contributed by atoms with E-state index in [1.165, 1.54) is 0 Å². The zero-order valence-corrected chi connectivity index (χ0v) is 9.72. The van der Waals surface area contributed by atoms with Gasteiger partial charge in [0, 0.05) is 25.9 Å². The van der Waals surface area contributed by atoms with Crippen molar-refractivity contribution in [2.45, 2.75) is 33.2 Å². The summed E-state index contributed by atoms with van der Waals surface area (Å²) < 4.78 is 16.5. The molecular formula is C8H20O3Si. The first-order valence-corrected chi connectivity index (χ1v) is 6.26. The van der Waals surface area contributed by atoms with E-state index in [1.54, 1.807) is 7.11 Å². The fourth-order valence-electron chi connectivity index (χ4n) is 1.13. The molecule has 0 rings (SSSR count). The number of hydrogen-bond donors (Lipinski definition) is 0. The summed E-state index contributed by atoms with van der Waals surface area (Å²) in [4.78, 5) is 0. The molecule has 12 heavy (non-hydrogen) atoms. The first-order valence-electron chi connectivity index (χ1n) is 4.46. The van der Waals surface area contributed by atoms with Gasteiger partial charge in [-0.25, -0.2) is 0 Å². The van der Waals surface area contributed by atoms with Crippen molar-refractivity contribution in [2.75, 3.05) is 20.3 Å². The van der Waals surface area contributed by atoms with Crippen molar-refractivity contribution in [3.8, 4) is 0 Å². The van der Waals surface area contributed by atoms with E-state index < -0.39 is 8.80 Å². The van der Waals surface area contributed by atoms with E-state index in [-0.39, 0.29) is 0 Å². The first-order chi connectivity index (χ1) is 5.63. The molecule has 0 aromatic heterocycles. The zero-order chi connectivity index (χ0) is 9.61. The van der Waals surface area contributed by atoms with Crippen molar-refractivity contribution in [3.63, 3.8) is 0 Å². The van der Waals surface area contributed by atoms with Gasteiger partial charge in [-0.3, -0.25) is 0 Å². The lowest BCUT2D eigenvalue weighted by atomic mass is 10.6. The summed E-state index contributed by atoms with van der Waals surface area (Å²) in [5.41, 5.74) is 0.322. The Labute approximate surface area is 76.4 Å². The molecule has 0 amide bonds.